The number of carbonyl (C=O) groups excluding carboxylic acids is 2. The van der Waals surface area contributed by atoms with Gasteiger partial charge in [-0.25, -0.2) is 0 Å². The molecular weight excluding hydrogens is 336 g/mol. The van der Waals surface area contributed by atoms with E-state index in [4.69, 9.17) is 14.2 Å². The number of methoxy groups -OCH3 is 2. The Balaban J connectivity index is 1.67. The van der Waals surface area contributed by atoms with Gasteiger partial charge in [-0.05, 0) is 37.5 Å². The number of benzene rings is 1. The fraction of sp³-hybridized carbons (Fsp3) is 0.579. The number of aryl methyl sites for hydroxylation is 1. The lowest BCUT2D eigenvalue weighted by molar-refractivity contribution is -0.142. The highest BCUT2D eigenvalue weighted by molar-refractivity contribution is 5.97. The Hall–Kier alpha value is -2.28. The number of piperazine rings is 1. The van der Waals surface area contributed by atoms with E-state index in [0.29, 0.717) is 49.8 Å². The second kappa shape index (κ2) is 7.95. The second-order valence-corrected chi connectivity index (χ2v) is 6.64. The molecule has 2 heterocycles. The van der Waals surface area contributed by atoms with Gasteiger partial charge in [0.15, 0.2) is 0 Å². The lowest BCUT2D eigenvalue weighted by Gasteiger charge is -2.36. The van der Waals surface area contributed by atoms with Gasteiger partial charge in [0.05, 0.1) is 19.8 Å². The van der Waals surface area contributed by atoms with E-state index in [9.17, 15) is 9.59 Å². The zero-order valence-corrected chi connectivity index (χ0v) is 15.6. The predicted octanol–water partition coefficient (Wildman–Crippen LogP) is 1.48. The van der Waals surface area contributed by atoms with Gasteiger partial charge in [0, 0.05) is 32.8 Å². The van der Waals surface area contributed by atoms with Crippen LogP contribution in [-0.4, -0.2) is 74.7 Å². The van der Waals surface area contributed by atoms with E-state index in [-0.39, 0.29) is 17.9 Å². The van der Waals surface area contributed by atoms with Gasteiger partial charge in [0.2, 0.25) is 0 Å². The monoisotopic (exact) mass is 362 g/mol. The number of carbonyl (C=O) groups is 2. The first-order valence-electron chi connectivity index (χ1n) is 8.97. The average Bonchev–Trinajstić information content (AvgIpc) is 3.21. The van der Waals surface area contributed by atoms with Crippen LogP contribution in [0.2, 0.25) is 0 Å². The lowest BCUT2D eigenvalue weighted by Crippen LogP contribution is -2.52. The van der Waals surface area contributed by atoms with Crippen molar-refractivity contribution in [2.45, 2.75) is 25.9 Å². The minimum Gasteiger partial charge on any atom is -0.496 e. The minimum absolute atomic E-state index is 0.0455. The Labute approximate surface area is 153 Å². The SMILES string of the molecule is COc1cc(C(=O)N2CCN(C(=O)C3CCCO3)CC2)c(OC)cc1C. The van der Waals surface area contributed by atoms with Crippen LogP contribution in [0, 0.1) is 6.92 Å². The molecule has 7 nitrogen and oxygen atoms in total. The van der Waals surface area contributed by atoms with E-state index in [0.717, 1.165) is 18.4 Å². The first kappa shape index (κ1) is 18.5. The largest absolute Gasteiger partial charge is 0.496 e. The standard InChI is InChI=1S/C19H26N2O5/c1-13-11-17(25-3)14(12-16(13)24-2)18(22)20-6-8-21(9-7-20)19(23)15-5-4-10-26-15/h11-12,15H,4-10H2,1-3H3. The quantitative estimate of drug-likeness (QED) is 0.811. The number of ether oxygens (including phenoxy) is 3. The van der Waals surface area contributed by atoms with Gasteiger partial charge < -0.3 is 24.0 Å². The molecule has 1 unspecified atom stereocenters. The van der Waals surface area contributed by atoms with Crippen LogP contribution < -0.4 is 9.47 Å². The van der Waals surface area contributed by atoms with E-state index in [2.05, 4.69) is 0 Å². The van der Waals surface area contributed by atoms with Crippen LogP contribution in [0.4, 0.5) is 0 Å². The lowest BCUT2D eigenvalue weighted by atomic mass is 10.1. The van der Waals surface area contributed by atoms with Crippen molar-refractivity contribution in [2.75, 3.05) is 47.0 Å². The predicted molar refractivity (Wildman–Crippen MR) is 95.7 cm³/mol. The summed E-state index contributed by atoms with van der Waals surface area (Å²) in [5, 5.41) is 0. The van der Waals surface area contributed by atoms with Crippen molar-refractivity contribution in [1.29, 1.82) is 0 Å². The summed E-state index contributed by atoms with van der Waals surface area (Å²) in [4.78, 5) is 28.9. The molecule has 0 aromatic heterocycles. The molecule has 0 N–H and O–H groups in total. The Kier molecular flexibility index (Phi) is 5.66. The van der Waals surface area contributed by atoms with Gasteiger partial charge in [-0.1, -0.05) is 0 Å². The molecule has 1 atom stereocenters. The van der Waals surface area contributed by atoms with Gasteiger partial charge in [0.25, 0.3) is 11.8 Å². The Bertz CT molecular complexity index is 677. The highest BCUT2D eigenvalue weighted by Gasteiger charge is 2.32. The summed E-state index contributed by atoms with van der Waals surface area (Å²) < 4.78 is 16.2. The molecule has 0 aliphatic carbocycles. The number of hydrogen-bond acceptors (Lipinski definition) is 5. The van der Waals surface area contributed by atoms with Gasteiger partial charge in [-0.2, -0.15) is 0 Å². The molecule has 0 spiro atoms. The van der Waals surface area contributed by atoms with E-state index < -0.39 is 0 Å². The smallest absolute Gasteiger partial charge is 0.257 e. The van der Waals surface area contributed by atoms with Gasteiger partial charge in [0.1, 0.15) is 17.6 Å². The van der Waals surface area contributed by atoms with E-state index in [1.54, 1.807) is 30.1 Å². The van der Waals surface area contributed by atoms with Crippen LogP contribution >= 0.6 is 0 Å². The van der Waals surface area contributed by atoms with Crippen LogP contribution in [0.15, 0.2) is 12.1 Å². The summed E-state index contributed by atoms with van der Waals surface area (Å²) >= 11 is 0. The molecule has 1 aromatic carbocycles. The second-order valence-electron chi connectivity index (χ2n) is 6.64. The number of rotatable bonds is 4. The molecule has 7 heteroatoms. The molecular formula is C19H26N2O5. The van der Waals surface area contributed by atoms with Crippen molar-refractivity contribution in [1.82, 2.24) is 9.80 Å². The van der Waals surface area contributed by atoms with E-state index in [1.165, 1.54) is 0 Å². The van der Waals surface area contributed by atoms with Crippen LogP contribution in [-0.2, 0) is 9.53 Å². The van der Waals surface area contributed by atoms with Crippen molar-refractivity contribution >= 4 is 11.8 Å². The molecule has 26 heavy (non-hydrogen) atoms. The minimum atomic E-state index is -0.307. The van der Waals surface area contributed by atoms with E-state index >= 15 is 0 Å². The number of amides is 2. The van der Waals surface area contributed by atoms with Crippen LogP contribution in [0.5, 0.6) is 11.5 Å². The maximum Gasteiger partial charge on any atom is 0.257 e. The van der Waals surface area contributed by atoms with Crippen LogP contribution in [0.3, 0.4) is 0 Å². The summed E-state index contributed by atoms with van der Waals surface area (Å²) in [5.74, 6) is 1.13. The first-order chi connectivity index (χ1) is 12.5. The molecule has 142 valence electrons. The Morgan fingerprint density at radius 3 is 2.27 bits per heavy atom. The summed E-state index contributed by atoms with van der Waals surface area (Å²) in [5.41, 5.74) is 1.39. The molecule has 0 saturated carbocycles. The van der Waals surface area contributed by atoms with Crippen molar-refractivity contribution in [3.05, 3.63) is 23.3 Å². The average molecular weight is 362 g/mol. The molecule has 0 bridgehead atoms. The third kappa shape index (κ3) is 3.62. The summed E-state index contributed by atoms with van der Waals surface area (Å²) in [6.45, 7) is 4.60. The van der Waals surface area contributed by atoms with Gasteiger partial charge in [-0.15, -0.1) is 0 Å². The Morgan fingerprint density at radius 2 is 1.69 bits per heavy atom. The molecule has 0 radical (unpaired) electrons. The topological polar surface area (TPSA) is 68.3 Å². The summed E-state index contributed by atoms with van der Waals surface area (Å²) in [6, 6.07) is 3.53. The molecule has 2 saturated heterocycles. The van der Waals surface area contributed by atoms with Gasteiger partial charge >= 0.3 is 0 Å². The highest BCUT2D eigenvalue weighted by Crippen LogP contribution is 2.29. The maximum absolute atomic E-state index is 13.0. The summed E-state index contributed by atoms with van der Waals surface area (Å²) in [6.07, 6.45) is 1.42. The van der Waals surface area contributed by atoms with Crippen LogP contribution in [0.1, 0.15) is 28.8 Å². The van der Waals surface area contributed by atoms with Crippen LogP contribution in [0.25, 0.3) is 0 Å². The van der Waals surface area contributed by atoms with Crippen molar-refractivity contribution in [3.8, 4) is 11.5 Å². The maximum atomic E-state index is 13.0. The fourth-order valence-electron chi connectivity index (χ4n) is 3.49. The molecule has 2 amide bonds. The fourth-order valence-corrected chi connectivity index (χ4v) is 3.49. The van der Waals surface area contributed by atoms with Crippen molar-refractivity contribution in [2.24, 2.45) is 0 Å². The molecule has 3 rings (SSSR count). The zero-order valence-electron chi connectivity index (χ0n) is 15.6. The summed E-state index contributed by atoms with van der Waals surface area (Å²) in [7, 11) is 3.13. The van der Waals surface area contributed by atoms with Crippen molar-refractivity contribution in [3.63, 3.8) is 0 Å². The third-order valence-corrected chi connectivity index (χ3v) is 5.03. The van der Waals surface area contributed by atoms with E-state index in [1.807, 2.05) is 13.0 Å². The number of nitrogens with zero attached hydrogens (tertiary/aromatic N) is 2. The molecule has 2 aliphatic heterocycles. The number of hydrogen-bond donors (Lipinski definition) is 0. The molecule has 2 fully saturated rings. The third-order valence-electron chi connectivity index (χ3n) is 5.03. The Morgan fingerprint density at radius 1 is 1.04 bits per heavy atom. The molecule has 2 aliphatic rings. The highest BCUT2D eigenvalue weighted by atomic mass is 16.5. The zero-order chi connectivity index (χ0) is 18.7. The molecule has 1 aromatic rings. The van der Waals surface area contributed by atoms with Crippen molar-refractivity contribution < 1.29 is 23.8 Å². The normalized spacial score (nSPS) is 20.2. The van der Waals surface area contributed by atoms with Gasteiger partial charge in [-0.3, -0.25) is 9.59 Å². The first-order valence-corrected chi connectivity index (χ1v) is 8.97.